The van der Waals surface area contributed by atoms with E-state index in [1.807, 2.05) is 0 Å². The lowest BCUT2D eigenvalue weighted by Crippen LogP contribution is -2.39. The van der Waals surface area contributed by atoms with E-state index in [4.69, 9.17) is 5.73 Å². The third-order valence-corrected chi connectivity index (χ3v) is 1.33. The summed E-state index contributed by atoms with van der Waals surface area (Å²) < 4.78 is 0. The van der Waals surface area contributed by atoms with E-state index in [1.54, 1.807) is 0 Å². The van der Waals surface area contributed by atoms with E-state index < -0.39 is 0 Å². The Balaban J connectivity index is 0.000000490. The summed E-state index contributed by atoms with van der Waals surface area (Å²) in [5.74, 6) is 0. The van der Waals surface area contributed by atoms with Gasteiger partial charge in [0.25, 0.3) is 0 Å². The number of hydrogen-bond acceptors (Lipinski definition) is 2. The summed E-state index contributed by atoms with van der Waals surface area (Å²) in [4.78, 5) is 0. The van der Waals surface area contributed by atoms with Crippen LogP contribution in [-0.4, -0.2) is 24.6 Å². The van der Waals surface area contributed by atoms with Gasteiger partial charge in [0.15, 0.2) is 0 Å². The zero-order valence-corrected chi connectivity index (χ0v) is 4.98. The average Bonchev–Trinajstić information content (AvgIpc) is 1.69. The molecule has 5 N–H and O–H groups in total. The van der Waals surface area contributed by atoms with E-state index in [0.29, 0.717) is 6.04 Å². The molecule has 0 spiro atoms. The van der Waals surface area contributed by atoms with Crippen LogP contribution in [0.5, 0.6) is 0 Å². The molecule has 3 nitrogen and oxygen atoms in total. The third kappa shape index (κ3) is 2.26. The Kier molecular flexibility index (Phi) is 3.77. The first-order chi connectivity index (χ1) is 3.39. The molecule has 1 aliphatic heterocycles. The smallest absolute Gasteiger partial charge is 0.0165 e. The van der Waals surface area contributed by atoms with Crippen LogP contribution in [0.2, 0.25) is 0 Å². The average molecular weight is 118 g/mol. The van der Waals surface area contributed by atoms with E-state index in [-0.39, 0.29) is 5.48 Å². The highest BCUT2D eigenvalue weighted by Gasteiger charge is 2.05. The first-order valence-corrected chi connectivity index (χ1v) is 2.86. The molecule has 0 bridgehead atoms. The second kappa shape index (κ2) is 3.83. The van der Waals surface area contributed by atoms with Crippen LogP contribution in [0, 0.1) is 0 Å². The van der Waals surface area contributed by atoms with Crippen LogP contribution >= 0.6 is 0 Å². The van der Waals surface area contributed by atoms with Crippen LogP contribution in [0.3, 0.4) is 0 Å². The van der Waals surface area contributed by atoms with E-state index in [9.17, 15) is 0 Å². The topological polar surface area (TPSA) is 69.5 Å². The number of hydrogen-bond donors (Lipinski definition) is 2. The minimum atomic E-state index is 0. The van der Waals surface area contributed by atoms with Gasteiger partial charge in [0, 0.05) is 12.6 Å². The van der Waals surface area contributed by atoms with E-state index >= 15 is 0 Å². The monoisotopic (exact) mass is 118 g/mol. The molecule has 0 amide bonds. The molecule has 1 saturated heterocycles. The second-order valence-electron chi connectivity index (χ2n) is 2.11. The molecule has 0 aromatic heterocycles. The van der Waals surface area contributed by atoms with Crippen LogP contribution < -0.4 is 11.1 Å². The molecule has 0 aromatic rings. The summed E-state index contributed by atoms with van der Waals surface area (Å²) in [6, 6.07) is 0.425. The molecular weight excluding hydrogens is 104 g/mol. The summed E-state index contributed by atoms with van der Waals surface area (Å²) in [7, 11) is 0. The summed E-state index contributed by atoms with van der Waals surface area (Å²) in [5.41, 5.74) is 5.57. The number of nitrogens with two attached hydrogens (primary N) is 1. The van der Waals surface area contributed by atoms with E-state index in [2.05, 4.69) is 5.32 Å². The lowest BCUT2D eigenvalue weighted by atomic mass is 10.1. The molecule has 0 aliphatic carbocycles. The van der Waals surface area contributed by atoms with Gasteiger partial charge in [-0.15, -0.1) is 0 Å². The van der Waals surface area contributed by atoms with Gasteiger partial charge < -0.3 is 16.5 Å². The highest BCUT2D eigenvalue weighted by Crippen LogP contribution is 1.96. The largest absolute Gasteiger partial charge is 0.412 e. The molecule has 1 rings (SSSR count). The van der Waals surface area contributed by atoms with Crippen molar-refractivity contribution in [2.75, 3.05) is 13.1 Å². The molecule has 1 heterocycles. The van der Waals surface area contributed by atoms with Gasteiger partial charge in [-0.2, -0.15) is 0 Å². The molecule has 1 fully saturated rings. The molecule has 1 unspecified atom stereocenters. The van der Waals surface area contributed by atoms with Crippen molar-refractivity contribution in [2.45, 2.75) is 18.9 Å². The van der Waals surface area contributed by atoms with Gasteiger partial charge in [0.05, 0.1) is 0 Å². The summed E-state index contributed by atoms with van der Waals surface area (Å²) in [5, 5.41) is 3.21. The summed E-state index contributed by atoms with van der Waals surface area (Å²) in [6.45, 7) is 2.17. The van der Waals surface area contributed by atoms with Crippen molar-refractivity contribution < 1.29 is 5.48 Å². The molecular formula is C5H14N2O. The van der Waals surface area contributed by atoms with Crippen molar-refractivity contribution >= 4 is 0 Å². The Morgan fingerprint density at radius 3 is 2.50 bits per heavy atom. The third-order valence-electron chi connectivity index (χ3n) is 1.33. The minimum absolute atomic E-state index is 0. The fraction of sp³-hybridized carbons (Fsp3) is 1.00. The lowest BCUT2D eigenvalue weighted by Gasteiger charge is -2.17. The number of rotatable bonds is 0. The van der Waals surface area contributed by atoms with Gasteiger partial charge in [0.1, 0.15) is 0 Å². The maximum Gasteiger partial charge on any atom is 0.0165 e. The normalized spacial score (nSPS) is 28.9. The van der Waals surface area contributed by atoms with E-state index in [1.165, 1.54) is 12.8 Å². The predicted octanol–water partition coefficient (Wildman–Crippen LogP) is -1.13. The van der Waals surface area contributed by atoms with Gasteiger partial charge in [-0.3, -0.25) is 0 Å². The van der Waals surface area contributed by atoms with Gasteiger partial charge in [-0.1, -0.05) is 0 Å². The van der Waals surface area contributed by atoms with E-state index in [0.717, 1.165) is 13.1 Å². The lowest BCUT2D eigenvalue weighted by molar-refractivity contribution is 0.459. The van der Waals surface area contributed by atoms with Gasteiger partial charge in [-0.05, 0) is 19.4 Å². The Labute approximate surface area is 49.6 Å². The van der Waals surface area contributed by atoms with Crippen molar-refractivity contribution in [3.05, 3.63) is 0 Å². The highest BCUT2D eigenvalue weighted by molar-refractivity contribution is 4.69. The van der Waals surface area contributed by atoms with Gasteiger partial charge in [-0.25, -0.2) is 0 Å². The quantitative estimate of drug-likeness (QED) is 0.422. The summed E-state index contributed by atoms with van der Waals surface area (Å²) >= 11 is 0. The Morgan fingerprint density at radius 1 is 1.50 bits per heavy atom. The van der Waals surface area contributed by atoms with Crippen molar-refractivity contribution in [3.63, 3.8) is 0 Å². The second-order valence-corrected chi connectivity index (χ2v) is 2.11. The van der Waals surface area contributed by atoms with Crippen molar-refractivity contribution in [1.29, 1.82) is 0 Å². The van der Waals surface area contributed by atoms with Crippen LogP contribution in [0.25, 0.3) is 0 Å². The fourth-order valence-corrected chi connectivity index (χ4v) is 0.879. The molecule has 1 atom stereocenters. The maximum absolute atomic E-state index is 5.57. The molecule has 3 heteroatoms. The number of nitrogens with one attached hydrogen (secondary N) is 1. The van der Waals surface area contributed by atoms with Crippen molar-refractivity contribution in [2.24, 2.45) is 5.73 Å². The first-order valence-electron chi connectivity index (χ1n) is 2.86. The zero-order valence-electron chi connectivity index (χ0n) is 4.98. The standard InChI is InChI=1S/C5H12N2.H2O/c6-5-2-1-3-7-4-5;/h5,7H,1-4,6H2;1H2. The molecule has 0 aromatic carbocycles. The fourth-order valence-electron chi connectivity index (χ4n) is 0.879. The SMILES string of the molecule is NC1CCCNC1.O. The molecule has 50 valence electrons. The maximum atomic E-state index is 5.57. The van der Waals surface area contributed by atoms with Crippen LogP contribution in [0.15, 0.2) is 0 Å². The molecule has 1 aliphatic rings. The predicted molar refractivity (Wildman–Crippen MR) is 33.7 cm³/mol. The van der Waals surface area contributed by atoms with Gasteiger partial charge >= 0.3 is 0 Å². The molecule has 8 heavy (non-hydrogen) atoms. The van der Waals surface area contributed by atoms with Crippen molar-refractivity contribution in [3.8, 4) is 0 Å². The van der Waals surface area contributed by atoms with Crippen LogP contribution in [0.4, 0.5) is 0 Å². The zero-order chi connectivity index (χ0) is 5.11. The Bertz CT molecular complexity index is 52.4. The van der Waals surface area contributed by atoms with Gasteiger partial charge in [0.2, 0.25) is 0 Å². The minimum Gasteiger partial charge on any atom is -0.412 e. The van der Waals surface area contributed by atoms with Crippen molar-refractivity contribution in [1.82, 2.24) is 5.32 Å². The Morgan fingerprint density at radius 2 is 2.25 bits per heavy atom. The number of piperidine rings is 1. The first kappa shape index (κ1) is 7.88. The highest BCUT2D eigenvalue weighted by atomic mass is 16.0. The molecule has 0 saturated carbocycles. The van der Waals surface area contributed by atoms with Crippen LogP contribution in [0.1, 0.15) is 12.8 Å². The Hall–Kier alpha value is -0.120. The molecule has 0 radical (unpaired) electrons. The summed E-state index contributed by atoms with van der Waals surface area (Å²) in [6.07, 6.45) is 2.45. The van der Waals surface area contributed by atoms with Crippen LogP contribution in [-0.2, 0) is 0 Å².